The Kier molecular flexibility index (Phi) is 7.95. The molecule has 0 saturated carbocycles. The van der Waals surface area contributed by atoms with Crippen LogP contribution in [0.5, 0.6) is 11.6 Å². The van der Waals surface area contributed by atoms with Gasteiger partial charge in [0.15, 0.2) is 12.4 Å². The number of nitrogens with zero attached hydrogens (tertiary/aromatic N) is 3. The van der Waals surface area contributed by atoms with Crippen LogP contribution >= 0.6 is 0 Å². The van der Waals surface area contributed by atoms with Crippen LogP contribution in [-0.2, 0) is 4.79 Å². The molecule has 0 aliphatic heterocycles. The summed E-state index contributed by atoms with van der Waals surface area (Å²) in [6, 6.07) is 2.29. The molecule has 2 N–H and O–H groups in total. The van der Waals surface area contributed by atoms with E-state index in [0.717, 1.165) is 0 Å². The fraction of sp³-hybridized carbons (Fsp3) is 0.450. The van der Waals surface area contributed by atoms with Gasteiger partial charge in [0.05, 0.1) is 13.2 Å². The van der Waals surface area contributed by atoms with Crippen molar-refractivity contribution in [3.8, 4) is 11.6 Å². The Hall–Kier alpha value is -3.44. The lowest BCUT2D eigenvalue weighted by Crippen LogP contribution is -2.28. The normalized spacial score (nSPS) is 12.3. The van der Waals surface area contributed by atoms with Crippen molar-refractivity contribution in [1.82, 2.24) is 20.3 Å². The number of nitrogens with one attached hydrogen (secondary N) is 2. The first-order valence-corrected chi connectivity index (χ1v) is 9.60. The van der Waals surface area contributed by atoms with E-state index >= 15 is 0 Å². The highest BCUT2D eigenvalue weighted by atomic mass is 19.4. The van der Waals surface area contributed by atoms with E-state index in [1.807, 2.05) is 0 Å². The largest absolute Gasteiger partial charge is 0.491 e. The molecular weight excluding hydrogens is 431 g/mol. The number of halogens is 3. The lowest BCUT2D eigenvalue weighted by Gasteiger charge is -2.17. The number of hydrogen-bond donors (Lipinski definition) is 2. The van der Waals surface area contributed by atoms with Gasteiger partial charge in [-0.25, -0.2) is 15.0 Å². The van der Waals surface area contributed by atoms with Crippen molar-refractivity contribution in [2.24, 2.45) is 5.92 Å². The lowest BCUT2D eigenvalue weighted by molar-refractivity contribution is -0.154. The van der Waals surface area contributed by atoms with Crippen LogP contribution in [0.1, 0.15) is 48.6 Å². The topological polar surface area (TPSA) is 115 Å². The van der Waals surface area contributed by atoms with E-state index in [1.54, 1.807) is 27.7 Å². The maximum Gasteiger partial charge on any atom is 0.422 e. The Morgan fingerprint density at radius 1 is 1.16 bits per heavy atom. The lowest BCUT2D eigenvalue weighted by atomic mass is 10.1. The van der Waals surface area contributed by atoms with Crippen LogP contribution < -0.4 is 20.1 Å². The molecule has 0 fully saturated rings. The fourth-order valence-corrected chi connectivity index (χ4v) is 2.44. The monoisotopic (exact) mass is 455 g/mol. The summed E-state index contributed by atoms with van der Waals surface area (Å²) in [5.74, 6) is -1.44. The summed E-state index contributed by atoms with van der Waals surface area (Å²) in [6.07, 6.45) is -3.24. The van der Waals surface area contributed by atoms with E-state index in [0.29, 0.717) is 11.3 Å². The fourth-order valence-electron chi connectivity index (χ4n) is 2.44. The molecule has 0 aliphatic rings. The second kappa shape index (κ2) is 10.2. The third kappa shape index (κ3) is 7.06. The molecule has 0 bridgehead atoms. The van der Waals surface area contributed by atoms with E-state index in [9.17, 15) is 22.8 Å². The first-order valence-electron chi connectivity index (χ1n) is 9.60. The van der Waals surface area contributed by atoms with E-state index in [2.05, 4.69) is 30.3 Å². The molecule has 0 radical (unpaired) electrons. The maximum atomic E-state index is 12.7. The first-order chi connectivity index (χ1) is 14.9. The Balaban J connectivity index is 2.15. The van der Waals surface area contributed by atoms with Gasteiger partial charge in [0.25, 0.3) is 11.8 Å². The van der Waals surface area contributed by atoms with Crippen LogP contribution in [0, 0.1) is 12.8 Å². The molecule has 32 heavy (non-hydrogen) atoms. The molecule has 9 nitrogen and oxygen atoms in total. The van der Waals surface area contributed by atoms with Crippen molar-refractivity contribution in [3.05, 3.63) is 35.3 Å². The van der Waals surface area contributed by atoms with Crippen molar-refractivity contribution in [3.63, 3.8) is 0 Å². The Bertz CT molecular complexity index is 982. The molecule has 2 aromatic heterocycles. The zero-order valence-corrected chi connectivity index (χ0v) is 18.2. The molecular formula is C20H24F3N5O4. The Morgan fingerprint density at radius 2 is 1.84 bits per heavy atom. The predicted octanol–water partition coefficient (Wildman–Crippen LogP) is 3.22. The van der Waals surface area contributed by atoms with Gasteiger partial charge in [0.1, 0.15) is 5.69 Å². The van der Waals surface area contributed by atoms with Gasteiger partial charge in [0, 0.05) is 17.8 Å². The Labute approximate surface area is 182 Å². The smallest absolute Gasteiger partial charge is 0.422 e. The molecule has 0 aliphatic carbocycles. The summed E-state index contributed by atoms with van der Waals surface area (Å²) in [7, 11) is 1.27. The standard InChI is InChI=1S/C20H24F3N5O4/c1-10(2)16(29)28-19-25-11(3)6-14(27-19)17(30)26-12(4)13-7-15(31-5)18(24-8-13)32-9-20(21,22)23/h6-8,10,12H,9H2,1-5H3,(H,26,30)(H,25,27,28,29). The van der Waals surface area contributed by atoms with Crippen molar-refractivity contribution in [2.75, 3.05) is 19.0 Å². The molecule has 12 heteroatoms. The second-order valence-corrected chi connectivity index (χ2v) is 7.24. The molecule has 2 rings (SSSR count). The van der Waals surface area contributed by atoms with Gasteiger partial charge in [0.2, 0.25) is 11.9 Å². The van der Waals surface area contributed by atoms with Gasteiger partial charge >= 0.3 is 6.18 Å². The van der Waals surface area contributed by atoms with E-state index in [4.69, 9.17) is 4.74 Å². The summed E-state index contributed by atoms with van der Waals surface area (Å²) in [6.45, 7) is 5.22. The van der Waals surface area contributed by atoms with Gasteiger partial charge in [-0.1, -0.05) is 13.8 Å². The number of alkyl halides is 3. The summed E-state index contributed by atoms with van der Waals surface area (Å²) in [5, 5.41) is 5.26. The number of aromatic nitrogens is 3. The zero-order valence-electron chi connectivity index (χ0n) is 18.2. The Morgan fingerprint density at radius 3 is 2.44 bits per heavy atom. The summed E-state index contributed by atoms with van der Waals surface area (Å²) >= 11 is 0. The van der Waals surface area contributed by atoms with Crippen molar-refractivity contribution in [2.45, 2.75) is 39.9 Å². The maximum absolute atomic E-state index is 12.7. The van der Waals surface area contributed by atoms with E-state index in [-0.39, 0.29) is 35.1 Å². The predicted molar refractivity (Wildman–Crippen MR) is 108 cm³/mol. The van der Waals surface area contributed by atoms with E-state index in [1.165, 1.54) is 25.4 Å². The van der Waals surface area contributed by atoms with Gasteiger partial charge in [-0.15, -0.1) is 0 Å². The van der Waals surface area contributed by atoms with Crippen molar-refractivity contribution in [1.29, 1.82) is 0 Å². The number of anilines is 1. The van der Waals surface area contributed by atoms with Crippen LogP contribution in [-0.4, -0.2) is 46.7 Å². The average Bonchev–Trinajstić information content (AvgIpc) is 2.70. The highest BCUT2D eigenvalue weighted by Gasteiger charge is 2.29. The molecule has 1 atom stereocenters. The molecule has 0 saturated heterocycles. The van der Waals surface area contributed by atoms with Crippen molar-refractivity contribution < 1.29 is 32.2 Å². The number of carbonyl (C=O) groups excluding carboxylic acids is 2. The summed E-state index contributed by atoms with van der Waals surface area (Å²) < 4.78 is 46.8. The molecule has 0 aromatic carbocycles. The van der Waals surface area contributed by atoms with Crippen LogP contribution in [0.25, 0.3) is 0 Å². The highest BCUT2D eigenvalue weighted by Crippen LogP contribution is 2.29. The second-order valence-electron chi connectivity index (χ2n) is 7.24. The SMILES string of the molecule is COc1cc(C(C)NC(=O)c2cc(C)nc(NC(=O)C(C)C)n2)cnc1OCC(F)(F)F. The number of methoxy groups -OCH3 is 1. The summed E-state index contributed by atoms with van der Waals surface area (Å²) in [5.41, 5.74) is 0.980. The number of rotatable bonds is 8. The van der Waals surface area contributed by atoms with Crippen LogP contribution in [0.3, 0.4) is 0 Å². The minimum atomic E-state index is -4.52. The van der Waals surface area contributed by atoms with Gasteiger partial charge < -0.3 is 14.8 Å². The van der Waals surface area contributed by atoms with Crippen molar-refractivity contribution >= 4 is 17.8 Å². The number of pyridine rings is 1. The zero-order chi connectivity index (χ0) is 24.1. The highest BCUT2D eigenvalue weighted by molar-refractivity contribution is 5.94. The number of aryl methyl sites for hydroxylation is 1. The third-order valence-corrected chi connectivity index (χ3v) is 4.13. The van der Waals surface area contributed by atoms with Gasteiger partial charge in [-0.2, -0.15) is 13.2 Å². The quantitative estimate of drug-likeness (QED) is 0.628. The van der Waals surface area contributed by atoms with E-state index < -0.39 is 24.7 Å². The molecule has 174 valence electrons. The van der Waals surface area contributed by atoms with Crippen LogP contribution in [0.15, 0.2) is 18.3 Å². The summed E-state index contributed by atoms with van der Waals surface area (Å²) in [4.78, 5) is 36.6. The minimum absolute atomic E-state index is 0.00980. The molecule has 2 heterocycles. The van der Waals surface area contributed by atoms with Crippen LogP contribution in [0.2, 0.25) is 0 Å². The third-order valence-electron chi connectivity index (χ3n) is 4.13. The molecule has 0 spiro atoms. The number of amides is 2. The first kappa shape index (κ1) is 24.8. The number of carbonyl (C=O) groups is 2. The number of ether oxygens (including phenoxy) is 2. The molecule has 1 unspecified atom stereocenters. The van der Waals surface area contributed by atoms with Gasteiger partial charge in [-0.05, 0) is 31.5 Å². The average molecular weight is 455 g/mol. The minimum Gasteiger partial charge on any atom is -0.491 e. The number of hydrogen-bond acceptors (Lipinski definition) is 7. The molecule has 2 aromatic rings. The van der Waals surface area contributed by atoms with Gasteiger partial charge in [-0.3, -0.25) is 14.9 Å². The van der Waals surface area contributed by atoms with Crippen LogP contribution in [0.4, 0.5) is 19.1 Å². The molecule has 2 amide bonds.